The quantitative estimate of drug-likeness (QED) is 0.781. The summed E-state index contributed by atoms with van der Waals surface area (Å²) in [5, 5.41) is 0. The summed E-state index contributed by atoms with van der Waals surface area (Å²) in [5.41, 5.74) is 6.45. The molecule has 2 atom stereocenters. The van der Waals surface area contributed by atoms with E-state index >= 15 is 0 Å². The van der Waals surface area contributed by atoms with Crippen LogP contribution in [-0.4, -0.2) is 21.1 Å². The fourth-order valence-corrected chi connectivity index (χ4v) is 4.98. The molecule has 3 rings (SSSR count). The van der Waals surface area contributed by atoms with Crippen LogP contribution >= 0.6 is 10.8 Å². The van der Waals surface area contributed by atoms with Crippen LogP contribution in [0.5, 0.6) is 5.75 Å². The summed E-state index contributed by atoms with van der Waals surface area (Å²) in [4.78, 5) is 0. The van der Waals surface area contributed by atoms with Crippen molar-refractivity contribution in [3.63, 3.8) is 0 Å². The Labute approximate surface area is 138 Å². The topological polar surface area (TPSA) is 79.0 Å². The molecular weight excluding hydrogens is 312 g/mol. The largest absolute Gasteiger partial charge is 0.466 e. The molecule has 0 saturated carbocycles. The Morgan fingerprint density at radius 3 is 2.43 bits per heavy atom. The minimum absolute atomic E-state index is 0.139. The highest BCUT2D eigenvalue weighted by Crippen LogP contribution is 2.62. The number of rotatable bonds is 4. The number of fused-ring (bicyclic) bond motifs is 1. The predicted molar refractivity (Wildman–Crippen MR) is 95.1 cm³/mol. The highest BCUT2D eigenvalue weighted by molar-refractivity contribution is 8.26. The van der Waals surface area contributed by atoms with E-state index in [1.54, 1.807) is 4.31 Å². The van der Waals surface area contributed by atoms with Crippen molar-refractivity contribution in [2.75, 3.05) is 10.8 Å². The molecule has 0 radical (unpaired) electrons. The molecule has 2 aromatic rings. The maximum absolute atomic E-state index is 11.0. The van der Waals surface area contributed by atoms with E-state index in [-0.39, 0.29) is 5.92 Å². The van der Waals surface area contributed by atoms with Gasteiger partial charge in [0.25, 0.3) is 0 Å². The minimum atomic E-state index is -3.22. The third-order valence-corrected chi connectivity index (χ3v) is 6.16. The molecule has 5 nitrogen and oxygen atoms in total. The number of anilines is 2. The molecule has 0 amide bonds. The maximum atomic E-state index is 11.0. The third-order valence-electron chi connectivity index (χ3n) is 4.11. The SMILES string of the molecule is CCC(CN)C1Oc2ccccc2N(c2ccccc2)S1(O)O. The first-order valence-electron chi connectivity index (χ1n) is 7.67. The summed E-state index contributed by atoms with van der Waals surface area (Å²) in [6, 6.07) is 16.8. The number of para-hydroxylation sites is 3. The first-order chi connectivity index (χ1) is 11.1. The molecule has 124 valence electrons. The zero-order valence-corrected chi connectivity index (χ0v) is 13.8. The summed E-state index contributed by atoms with van der Waals surface area (Å²) >= 11 is 0. The smallest absolute Gasteiger partial charge is 0.210 e. The van der Waals surface area contributed by atoms with E-state index in [0.717, 1.165) is 5.69 Å². The monoisotopic (exact) mass is 334 g/mol. The number of hydrogen-bond acceptors (Lipinski definition) is 5. The van der Waals surface area contributed by atoms with E-state index in [1.165, 1.54) is 0 Å². The van der Waals surface area contributed by atoms with Crippen molar-refractivity contribution < 1.29 is 13.8 Å². The first-order valence-corrected chi connectivity index (χ1v) is 9.24. The van der Waals surface area contributed by atoms with Crippen molar-refractivity contribution in [2.24, 2.45) is 11.7 Å². The summed E-state index contributed by atoms with van der Waals surface area (Å²) in [5.74, 6) is 0.499. The van der Waals surface area contributed by atoms with Crippen LogP contribution in [0, 0.1) is 5.92 Å². The van der Waals surface area contributed by atoms with E-state index in [4.69, 9.17) is 10.5 Å². The Hall–Kier alpha value is -1.73. The van der Waals surface area contributed by atoms with E-state index < -0.39 is 16.2 Å². The molecular formula is C17H22N2O3S. The highest BCUT2D eigenvalue weighted by Gasteiger charge is 2.44. The number of ether oxygens (including phenoxy) is 1. The average molecular weight is 334 g/mol. The van der Waals surface area contributed by atoms with Gasteiger partial charge in [0.15, 0.2) is 0 Å². The molecule has 1 aliphatic rings. The van der Waals surface area contributed by atoms with Crippen LogP contribution in [-0.2, 0) is 0 Å². The van der Waals surface area contributed by atoms with Crippen LogP contribution in [0.1, 0.15) is 13.3 Å². The maximum Gasteiger partial charge on any atom is 0.210 e. The summed E-state index contributed by atoms with van der Waals surface area (Å²) in [6.45, 7) is 2.31. The van der Waals surface area contributed by atoms with E-state index in [1.807, 2.05) is 61.5 Å². The van der Waals surface area contributed by atoms with Crippen molar-refractivity contribution in [3.05, 3.63) is 54.6 Å². The van der Waals surface area contributed by atoms with Crippen molar-refractivity contribution >= 4 is 22.2 Å². The zero-order chi connectivity index (χ0) is 16.4. The molecule has 2 aromatic carbocycles. The van der Waals surface area contributed by atoms with E-state index in [2.05, 4.69) is 0 Å². The highest BCUT2D eigenvalue weighted by atomic mass is 32.3. The lowest BCUT2D eigenvalue weighted by molar-refractivity contribution is 0.185. The number of nitrogens with zero attached hydrogens (tertiary/aromatic N) is 1. The Kier molecular flexibility index (Phi) is 4.50. The molecule has 2 unspecified atom stereocenters. The van der Waals surface area contributed by atoms with Crippen molar-refractivity contribution in [1.82, 2.24) is 0 Å². The Morgan fingerprint density at radius 1 is 1.13 bits per heavy atom. The van der Waals surface area contributed by atoms with Gasteiger partial charge < -0.3 is 10.5 Å². The molecule has 0 aromatic heterocycles. The fraction of sp³-hybridized carbons (Fsp3) is 0.294. The van der Waals surface area contributed by atoms with Crippen LogP contribution in [0.15, 0.2) is 54.6 Å². The molecule has 4 N–H and O–H groups in total. The average Bonchev–Trinajstić information content (AvgIpc) is 2.57. The van der Waals surface area contributed by atoms with Crippen molar-refractivity contribution in [3.8, 4) is 5.75 Å². The molecule has 0 fully saturated rings. The van der Waals surface area contributed by atoms with Crippen LogP contribution in [0.3, 0.4) is 0 Å². The lowest BCUT2D eigenvalue weighted by Gasteiger charge is -2.53. The number of hydrogen-bond donors (Lipinski definition) is 3. The Bertz CT molecular complexity index is 662. The van der Waals surface area contributed by atoms with Crippen molar-refractivity contribution in [1.29, 1.82) is 0 Å². The van der Waals surface area contributed by atoms with Gasteiger partial charge in [-0.25, -0.2) is 4.31 Å². The molecule has 0 aliphatic carbocycles. The standard InChI is InChI=1S/C17H22N2O3S/c1-2-13(12-18)17-22-16-11-7-6-10-15(16)19(23(17,20)21)14-8-4-3-5-9-14/h3-11,13,17,20-21H,2,12,18H2,1H3. The van der Waals surface area contributed by atoms with Gasteiger partial charge in [-0.2, -0.15) is 0 Å². The first kappa shape index (κ1) is 16.1. The van der Waals surface area contributed by atoms with Gasteiger partial charge in [-0.15, -0.1) is 0 Å². The molecule has 23 heavy (non-hydrogen) atoms. The molecule has 1 aliphatic heterocycles. The van der Waals surface area contributed by atoms with Gasteiger partial charge in [-0.05, 0) is 30.7 Å². The van der Waals surface area contributed by atoms with Gasteiger partial charge >= 0.3 is 0 Å². The van der Waals surface area contributed by atoms with Crippen LogP contribution < -0.4 is 14.8 Å². The lowest BCUT2D eigenvalue weighted by Crippen LogP contribution is -2.45. The molecule has 0 spiro atoms. The van der Waals surface area contributed by atoms with Crippen LogP contribution in [0.25, 0.3) is 0 Å². The third kappa shape index (κ3) is 2.79. The van der Waals surface area contributed by atoms with Gasteiger partial charge in [0, 0.05) is 12.5 Å². The van der Waals surface area contributed by atoms with Crippen molar-refractivity contribution in [2.45, 2.75) is 18.8 Å². The normalized spacial score (nSPS) is 21.9. The Morgan fingerprint density at radius 2 is 1.78 bits per heavy atom. The lowest BCUT2D eigenvalue weighted by atomic mass is 10.1. The second-order valence-electron chi connectivity index (χ2n) is 5.55. The van der Waals surface area contributed by atoms with E-state index in [0.29, 0.717) is 24.4 Å². The summed E-state index contributed by atoms with van der Waals surface area (Å²) < 4.78 is 29.6. The Balaban J connectivity index is 2.14. The van der Waals surface area contributed by atoms with Gasteiger partial charge in [0.2, 0.25) is 5.44 Å². The second-order valence-corrected chi connectivity index (χ2v) is 7.50. The van der Waals surface area contributed by atoms with Crippen LogP contribution in [0.4, 0.5) is 11.4 Å². The molecule has 1 heterocycles. The predicted octanol–water partition coefficient (Wildman–Crippen LogP) is 4.19. The van der Waals surface area contributed by atoms with Gasteiger partial charge in [-0.1, -0.05) is 48.0 Å². The summed E-state index contributed by atoms with van der Waals surface area (Å²) in [7, 11) is -3.22. The number of benzene rings is 2. The molecule has 0 saturated heterocycles. The molecule has 0 bridgehead atoms. The summed E-state index contributed by atoms with van der Waals surface area (Å²) in [6.07, 6.45) is 0.710. The van der Waals surface area contributed by atoms with Gasteiger partial charge in [-0.3, -0.25) is 9.11 Å². The van der Waals surface area contributed by atoms with Crippen LogP contribution in [0.2, 0.25) is 0 Å². The minimum Gasteiger partial charge on any atom is -0.466 e. The fourth-order valence-electron chi connectivity index (χ4n) is 2.85. The number of nitrogens with two attached hydrogens (primary N) is 1. The van der Waals surface area contributed by atoms with E-state index in [9.17, 15) is 9.11 Å². The van der Waals surface area contributed by atoms with Gasteiger partial charge in [0.1, 0.15) is 11.4 Å². The van der Waals surface area contributed by atoms with Gasteiger partial charge in [0.05, 0.1) is 5.69 Å². The molecule has 6 heteroatoms. The second kappa shape index (κ2) is 6.41. The zero-order valence-electron chi connectivity index (χ0n) is 13.0.